The van der Waals surface area contributed by atoms with Crippen molar-refractivity contribution in [3.63, 3.8) is 0 Å². The quantitative estimate of drug-likeness (QED) is 0.107. The van der Waals surface area contributed by atoms with E-state index >= 15 is 0 Å². The number of halogens is 1. The predicted molar refractivity (Wildman–Crippen MR) is 259 cm³/mol. The zero-order valence-corrected chi connectivity index (χ0v) is 40.8. The first-order valence-electron chi connectivity index (χ1n) is 24.0. The van der Waals surface area contributed by atoms with Crippen molar-refractivity contribution < 1.29 is 18.2 Å². The molecule has 0 aromatic heterocycles. The molecular weight excluding hydrogens is 852 g/mol. The Morgan fingerprint density at radius 3 is 1.33 bits per heavy atom. The Morgan fingerprint density at radius 1 is 0.500 bits per heavy atom. The Kier molecular flexibility index (Phi) is 19.5. The van der Waals surface area contributed by atoms with Crippen LogP contribution in [0.5, 0.6) is 0 Å². The van der Waals surface area contributed by atoms with Gasteiger partial charge in [0.1, 0.15) is 0 Å². The van der Waals surface area contributed by atoms with Crippen molar-refractivity contribution in [2.24, 2.45) is 23.7 Å². The zero-order chi connectivity index (χ0) is 39.4. The van der Waals surface area contributed by atoms with Gasteiger partial charge >= 0.3 is 27.7 Å². The molecule has 58 heavy (non-hydrogen) atoms. The second kappa shape index (κ2) is 24.2. The average Bonchev–Trinajstić information content (AvgIpc) is 4.11. The molecule has 0 heterocycles. The van der Waals surface area contributed by atoms with E-state index in [4.69, 9.17) is 0 Å². The van der Waals surface area contributed by atoms with Gasteiger partial charge in [0.15, 0.2) is 0 Å². The van der Waals surface area contributed by atoms with E-state index in [9.17, 15) is 0 Å². The van der Waals surface area contributed by atoms with E-state index in [1.807, 2.05) is 10.6 Å². The molecule has 2 aromatic carbocycles. The molecule has 0 radical (unpaired) electrons. The van der Waals surface area contributed by atoms with Crippen LogP contribution in [0.25, 0.3) is 11.1 Å². The van der Waals surface area contributed by atoms with Crippen LogP contribution >= 0.6 is 25.4 Å². The van der Waals surface area contributed by atoms with E-state index in [0.29, 0.717) is 0 Å². The molecule has 10 rings (SSSR count). The molecule has 0 aliphatic heterocycles. The first-order chi connectivity index (χ1) is 28.2. The zero-order valence-electron chi connectivity index (χ0n) is 36.6. The Balaban J connectivity index is 0.000000174. The van der Waals surface area contributed by atoms with Gasteiger partial charge in [0.05, 0.1) is 16.6 Å². The molecule has 4 heteroatoms. The third-order valence-electron chi connectivity index (χ3n) is 15.0. The van der Waals surface area contributed by atoms with Gasteiger partial charge in [0, 0.05) is 37.2 Å². The van der Waals surface area contributed by atoms with Crippen LogP contribution in [0.15, 0.2) is 95.6 Å². The second-order valence-corrected chi connectivity index (χ2v) is 24.7. The Bertz CT molecular complexity index is 1460. The fourth-order valence-electron chi connectivity index (χ4n) is 12.7. The third kappa shape index (κ3) is 11.0. The van der Waals surface area contributed by atoms with Crippen LogP contribution in [0.3, 0.4) is 0 Å². The molecule has 0 amide bonds. The molecule has 0 saturated heterocycles. The molecule has 4 fully saturated rings. The van der Waals surface area contributed by atoms with E-state index in [2.05, 4.69) is 127 Å². The van der Waals surface area contributed by atoms with Crippen LogP contribution in [-0.4, -0.2) is 22.6 Å². The number of benzene rings is 2. The van der Waals surface area contributed by atoms with Crippen LogP contribution in [0.4, 0.5) is 0 Å². The van der Waals surface area contributed by atoms with Crippen molar-refractivity contribution in [1.82, 2.24) is 0 Å². The number of allylic oxidation sites excluding steroid dienone is 8. The molecule has 4 saturated carbocycles. The van der Waals surface area contributed by atoms with Crippen molar-refractivity contribution in [3.8, 4) is 0 Å². The summed E-state index contributed by atoms with van der Waals surface area (Å²) in [5, 5.41) is 3.98. The number of hydrogen-bond donors (Lipinski definition) is 0. The van der Waals surface area contributed by atoms with Gasteiger partial charge in [-0.25, -0.2) is 0 Å². The number of rotatable bonds is 8. The van der Waals surface area contributed by atoms with Crippen molar-refractivity contribution >= 4 is 36.5 Å². The first kappa shape index (κ1) is 46.7. The third-order valence-corrected chi connectivity index (χ3v) is 22.9. The summed E-state index contributed by atoms with van der Waals surface area (Å²) < 4.78 is 0. The van der Waals surface area contributed by atoms with Crippen molar-refractivity contribution in [2.45, 2.75) is 184 Å². The van der Waals surface area contributed by atoms with Gasteiger partial charge in [-0.05, 0) is 123 Å². The molecule has 4 atom stereocenters. The molecule has 8 aliphatic rings. The van der Waals surface area contributed by atoms with Crippen LogP contribution in [-0.2, 0) is 18.2 Å². The maximum atomic E-state index is 4.49. The summed E-state index contributed by atoms with van der Waals surface area (Å²) in [4.78, 5) is 0. The Hall–Kier alpha value is -0.788. The summed E-state index contributed by atoms with van der Waals surface area (Å²) in [6.07, 6.45) is 44.5. The van der Waals surface area contributed by atoms with Gasteiger partial charge in [0.25, 0.3) is 0 Å². The van der Waals surface area contributed by atoms with Crippen LogP contribution in [0.2, 0.25) is 0 Å². The van der Waals surface area contributed by atoms with Gasteiger partial charge < -0.3 is 7.43 Å². The van der Waals surface area contributed by atoms with Gasteiger partial charge in [0.2, 0.25) is 0 Å². The van der Waals surface area contributed by atoms with Gasteiger partial charge in [-0.2, -0.15) is 0 Å². The van der Waals surface area contributed by atoms with E-state index < -0.39 is 7.92 Å². The minimum absolute atomic E-state index is 0. The molecule has 0 nitrogen and oxygen atoms in total. The molecule has 4 unspecified atom stereocenters. The standard InChI is InChI=1S/2C25H33P.C3H8.CH3.ClH.Pd/c2*1-4-10-19(11-5-1)24-20-16-17-21(18-20)25(24)26(22-12-6-2-7-13-22)23-14-8-3-9-15-23;1-3-2;;;/h2*1,4-5,10-11,16-17,20-23H,2-3,6-9,12-15,18H2;3H2,1-2H3;1H3;1H;/q;;;-1;;+2. The first-order valence-corrected chi connectivity index (χ1v) is 29.1. The molecule has 4 bridgehead atoms. The summed E-state index contributed by atoms with van der Waals surface area (Å²) in [6, 6.07) is 22.9. The van der Waals surface area contributed by atoms with Gasteiger partial charge in [-0.3, -0.25) is 0 Å². The summed E-state index contributed by atoms with van der Waals surface area (Å²) in [5.41, 5.74) is 10.9. The SMILES string of the molecule is C1=CC2CC1C(c1ccccc1)=C2P(C1CCCCC1)C1CCCCC1.C1=CC2CC1C(c1ccccc1)=C2[PH+](C1CCCCC1)C1CCCCC1.CCC.[CH3-].[Cl][Pd+]. The van der Waals surface area contributed by atoms with Crippen molar-refractivity contribution in [1.29, 1.82) is 0 Å². The average molecular weight is 931 g/mol. The normalized spacial score (nSPS) is 27.2. The maximum absolute atomic E-state index is 4.49. The van der Waals surface area contributed by atoms with Crippen LogP contribution < -0.4 is 0 Å². The fraction of sp³-hybridized carbons (Fsp3) is 0.611. The second-order valence-electron chi connectivity index (χ2n) is 18.8. The molecule has 2 aromatic rings. The fourth-order valence-corrected chi connectivity index (χ4v) is 22.0. The summed E-state index contributed by atoms with van der Waals surface area (Å²) in [6.45, 7) is 4.25. The molecule has 320 valence electrons. The summed E-state index contributed by atoms with van der Waals surface area (Å²) in [7, 11) is 4.12. The molecule has 0 spiro atoms. The van der Waals surface area contributed by atoms with E-state index in [1.54, 1.807) is 22.3 Å². The topological polar surface area (TPSA) is 0 Å². The van der Waals surface area contributed by atoms with E-state index in [0.717, 1.165) is 46.3 Å². The van der Waals surface area contributed by atoms with E-state index in [-0.39, 0.29) is 15.3 Å². The monoisotopic (exact) mass is 929 g/mol. The van der Waals surface area contributed by atoms with Crippen LogP contribution in [0.1, 0.15) is 173 Å². The minimum atomic E-state index is -0.420. The molecule has 8 aliphatic carbocycles. The van der Waals surface area contributed by atoms with Crippen molar-refractivity contribution in [2.75, 3.05) is 0 Å². The molecule has 0 N–H and O–H groups in total. The molecular formula is C54H78ClP2Pd+. The summed E-state index contributed by atoms with van der Waals surface area (Å²) in [5.74, 6) is 3.03. The Morgan fingerprint density at radius 2 is 0.862 bits per heavy atom. The Labute approximate surface area is 374 Å². The number of hydrogen-bond acceptors (Lipinski definition) is 0. The number of fused-ring (bicyclic) bond motifs is 4. The van der Waals surface area contributed by atoms with Crippen molar-refractivity contribution in [3.05, 3.63) is 114 Å². The van der Waals surface area contributed by atoms with Gasteiger partial charge in [-0.1, -0.05) is 165 Å². The van der Waals surface area contributed by atoms with E-state index in [1.165, 1.54) is 148 Å². The van der Waals surface area contributed by atoms with Gasteiger partial charge in [-0.15, -0.1) is 0 Å². The van der Waals surface area contributed by atoms with Crippen LogP contribution in [0, 0.1) is 31.1 Å². The summed E-state index contributed by atoms with van der Waals surface area (Å²) >= 11 is 2.22. The predicted octanol–water partition coefficient (Wildman–Crippen LogP) is 17.8.